The largest absolute Gasteiger partial charge is 0.481 e. The molecule has 1 aliphatic heterocycles. The maximum Gasteiger partial charge on any atom is 0.309 e. The second-order valence-electron chi connectivity index (χ2n) is 4.26. The summed E-state index contributed by atoms with van der Waals surface area (Å²) in [6.45, 7) is 5.72. The standard InChI is InChI=1S/C10H19NO3/c1-7(2)11-4-3-8(5-11)9(6-12)10(13)14/h7-9,12H,3-6H2,1-2H3,(H,13,14). The molecule has 0 spiro atoms. The van der Waals surface area contributed by atoms with Crippen LogP contribution < -0.4 is 0 Å². The molecule has 0 amide bonds. The van der Waals surface area contributed by atoms with Crippen LogP contribution in [0.25, 0.3) is 0 Å². The minimum Gasteiger partial charge on any atom is -0.481 e. The average molecular weight is 201 g/mol. The Balaban J connectivity index is 2.51. The third-order valence-electron chi connectivity index (χ3n) is 3.07. The number of rotatable bonds is 4. The second kappa shape index (κ2) is 4.75. The molecule has 0 aromatic heterocycles. The van der Waals surface area contributed by atoms with Crippen molar-refractivity contribution in [3.8, 4) is 0 Å². The lowest BCUT2D eigenvalue weighted by Crippen LogP contribution is -2.32. The minimum absolute atomic E-state index is 0.111. The molecule has 1 rings (SSSR count). The summed E-state index contributed by atoms with van der Waals surface area (Å²) in [5.41, 5.74) is 0. The van der Waals surface area contributed by atoms with Crippen LogP contribution in [0.4, 0.5) is 0 Å². The van der Waals surface area contributed by atoms with Crippen molar-refractivity contribution >= 4 is 5.97 Å². The van der Waals surface area contributed by atoms with Crippen LogP contribution >= 0.6 is 0 Å². The molecule has 0 aromatic rings. The summed E-state index contributed by atoms with van der Waals surface area (Å²) in [4.78, 5) is 13.1. The lowest BCUT2D eigenvalue weighted by Gasteiger charge is -2.21. The van der Waals surface area contributed by atoms with Crippen molar-refractivity contribution in [2.45, 2.75) is 26.3 Å². The van der Waals surface area contributed by atoms with Crippen LogP contribution in [0.5, 0.6) is 0 Å². The van der Waals surface area contributed by atoms with Gasteiger partial charge in [-0.3, -0.25) is 4.79 Å². The smallest absolute Gasteiger partial charge is 0.309 e. The van der Waals surface area contributed by atoms with Crippen molar-refractivity contribution in [2.24, 2.45) is 11.8 Å². The summed E-state index contributed by atoms with van der Waals surface area (Å²) in [6.07, 6.45) is 0.885. The van der Waals surface area contributed by atoms with Crippen molar-refractivity contribution in [1.29, 1.82) is 0 Å². The van der Waals surface area contributed by atoms with Gasteiger partial charge in [-0.2, -0.15) is 0 Å². The Morgan fingerprint density at radius 1 is 1.57 bits per heavy atom. The normalized spacial score (nSPS) is 25.6. The van der Waals surface area contributed by atoms with Crippen LogP contribution in [0, 0.1) is 11.8 Å². The molecule has 0 aliphatic carbocycles. The maximum absolute atomic E-state index is 10.8. The molecule has 1 aliphatic rings. The van der Waals surface area contributed by atoms with E-state index < -0.39 is 11.9 Å². The van der Waals surface area contributed by atoms with E-state index in [1.807, 2.05) is 0 Å². The van der Waals surface area contributed by atoms with Gasteiger partial charge in [0, 0.05) is 12.6 Å². The summed E-state index contributed by atoms with van der Waals surface area (Å²) >= 11 is 0. The van der Waals surface area contributed by atoms with Gasteiger partial charge < -0.3 is 15.1 Å². The molecule has 4 nitrogen and oxygen atoms in total. The van der Waals surface area contributed by atoms with Gasteiger partial charge in [-0.15, -0.1) is 0 Å². The van der Waals surface area contributed by atoms with E-state index in [2.05, 4.69) is 18.7 Å². The van der Waals surface area contributed by atoms with E-state index in [1.54, 1.807) is 0 Å². The summed E-state index contributed by atoms with van der Waals surface area (Å²) < 4.78 is 0. The van der Waals surface area contributed by atoms with Gasteiger partial charge in [0.2, 0.25) is 0 Å². The number of hydrogen-bond acceptors (Lipinski definition) is 3. The van der Waals surface area contributed by atoms with Crippen LogP contribution in [-0.4, -0.2) is 46.8 Å². The van der Waals surface area contributed by atoms with Crippen LogP contribution in [0.3, 0.4) is 0 Å². The van der Waals surface area contributed by atoms with E-state index in [4.69, 9.17) is 10.2 Å². The van der Waals surface area contributed by atoms with E-state index in [0.29, 0.717) is 6.04 Å². The molecule has 0 aromatic carbocycles. The first-order valence-corrected chi connectivity index (χ1v) is 5.14. The van der Waals surface area contributed by atoms with Crippen molar-refractivity contribution in [1.82, 2.24) is 4.90 Å². The number of carbonyl (C=O) groups is 1. The van der Waals surface area contributed by atoms with E-state index in [1.165, 1.54) is 0 Å². The Hall–Kier alpha value is -0.610. The molecule has 2 unspecified atom stereocenters. The Morgan fingerprint density at radius 3 is 2.57 bits per heavy atom. The second-order valence-corrected chi connectivity index (χ2v) is 4.26. The van der Waals surface area contributed by atoms with Crippen molar-refractivity contribution in [3.05, 3.63) is 0 Å². The van der Waals surface area contributed by atoms with Gasteiger partial charge in [0.05, 0.1) is 12.5 Å². The Labute approximate surface area is 84.5 Å². The van der Waals surface area contributed by atoms with E-state index in [9.17, 15) is 4.79 Å². The predicted octanol–water partition coefficient (Wildman–Crippen LogP) is 0.410. The highest BCUT2D eigenvalue weighted by Gasteiger charge is 2.33. The fraction of sp³-hybridized carbons (Fsp3) is 0.900. The fourth-order valence-electron chi connectivity index (χ4n) is 2.04. The van der Waals surface area contributed by atoms with E-state index in [-0.39, 0.29) is 12.5 Å². The Morgan fingerprint density at radius 2 is 2.21 bits per heavy atom. The van der Waals surface area contributed by atoms with Gasteiger partial charge in [-0.05, 0) is 32.7 Å². The molecular formula is C10H19NO3. The molecular weight excluding hydrogens is 182 g/mol. The number of hydrogen-bond donors (Lipinski definition) is 2. The highest BCUT2D eigenvalue weighted by atomic mass is 16.4. The van der Waals surface area contributed by atoms with Gasteiger partial charge in [0.1, 0.15) is 0 Å². The van der Waals surface area contributed by atoms with Crippen LogP contribution in [0.2, 0.25) is 0 Å². The minimum atomic E-state index is -0.872. The third-order valence-corrected chi connectivity index (χ3v) is 3.07. The Bertz CT molecular complexity index is 206. The topological polar surface area (TPSA) is 60.8 Å². The summed E-state index contributed by atoms with van der Waals surface area (Å²) in [6, 6.07) is 0.466. The zero-order chi connectivity index (χ0) is 10.7. The lowest BCUT2D eigenvalue weighted by atomic mass is 9.92. The molecule has 82 valence electrons. The molecule has 4 heteroatoms. The van der Waals surface area contributed by atoms with Crippen LogP contribution in [0.1, 0.15) is 20.3 Å². The fourth-order valence-corrected chi connectivity index (χ4v) is 2.04. The van der Waals surface area contributed by atoms with Crippen molar-refractivity contribution in [2.75, 3.05) is 19.7 Å². The van der Waals surface area contributed by atoms with Crippen LogP contribution in [0.15, 0.2) is 0 Å². The molecule has 0 bridgehead atoms. The summed E-state index contributed by atoms with van der Waals surface area (Å²) in [7, 11) is 0. The Kier molecular flexibility index (Phi) is 3.89. The zero-order valence-corrected chi connectivity index (χ0v) is 8.81. The summed E-state index contributed by atoms with van der Waals surface area (Å²) in [5, 5.41) is 17.9. The SMILES string of the molecule is CC(C)N1CCC(C(CO)C(=O)O)C1. The highest BCUT2D eigenvalue weighted by molar-refractivity contribution is 5.70. The van der Waals surface area contributed by atoms with Gasteiger partial charge in [-0.25, -0.2) is 0 Å². The molecule has 1 heterocycles. The first kappa shape index (κ1) is 11.5. The van der Waals surface area contributed by atoms with Gasteiger partial charge >= 0.3 is 5.97 Å². The zero-order valence-electron chi connectivity index (χ0n) is 8.81. The highest BCUT2D eigenvalue weighted by Crippen LogP contribution is 2.25. The van der Waals surface area contributed by atoms with Crippen molar-refractivity contribution in [3.63, 3.8) is 0 Å². The lowest BCUT2D eigenvalue weighted by molar-refractivity contribution is -0.145. The average Bonchev–Trinajstić information content (AvgIpc) is 2.53. The number of aliphatic hydroxyl groups is 1. The number of aliphatic carboxylic acids is 1. The quantitative estimate of drug-likeness (QED) is 0.691. The van der Waals surface area contributed by atoms with E-state index in [0.717, 1.165) is 19.5 Å². The number of aliphatic hydroxyl groups excluding tert-OH is 1. The van der Waals surface area contributed by atoms with Gasteiger partial charge in [0.15, 0.2) is 0 Å². The molecule has 1 saturated heterocycles. The molecule has 0 saturated carbocycles. The first-order chi connectivity index (χ1) is 6.56. The third kappa shape index (κ3) is 2.45. The molecule has 1 fully saturated rings. The monoisotopic (exact) mass is 201 g/mol. The summed E-state index contributed by atoms with van der Waals surface area (Å²) in [5.74, 6) is -1.35. The maximum atomic E-state index is 10.8. The van der Waals surface area contributed by atoms with Crippen molar-refractivity contribution < 1.29 is 15.0 Å². The number of carboxylic acids is 1. The molecule has 0 radical (unpaired) electrons. The molecule has 2 N–H and O–H groups in total. The first-order valence-electron chi connectivity index (χ1n) is 5.14. The number of likely N-dealkylation sites (tertiary alicyclic amines) is 1. The van der Waals surface area contributed by atoms with E-state index >= 15 is 0 Å². The number of nitrogens with zero attached hydrogens (tertiary/aromatic N) is 1. The van der Waals surface area contributed by atoms with Crippen LogP contribution in [-0.2, 0) is 4.79 Å². The van der Waals surface area contributed by atoms with Gasteiger partial charge in [0.25, 0.3) is 0 Å². The van der Waals surface area contributed by atoms with Gasteiger partial charge in [-0.1, -0.05) is 0 Å². The predicted molar refractivity (Wildman–Crippen MR) is 53.0 cm³/mol. The molecule has 14 heavy (non-hydrogen) atoms. The molecule has 2 atom stereocenters. The number of carboxylic acid groups (broad SMARTS) is 1.